The van der Waals surface area contributed by atoms with E-state index in [-0.39, 0.29) is 10.8 Å². The summed E-state index contributed by atoms with van der Waals surface area (Å²) in [5, 5.41) is 3.25. The van der Waals surface area contributed by atoms with Crippen LogP contribution in [0.5, 0.6) is 0 Å². The molecule has 4 heteroatoms. The minimum absolute atomic E-state index is 0.227. The third-order valence-electron chi connectivity index (χ3n) is 3.31. The zero-order valence-corrected chi connectivity index (χ0v) is 10.7. The molecule has 1 aliphatic carbocycles. The van der Waals surface area contributed by atoms with Crippen LogP contribution in [0.15, 0.2) is 18.2 Å². The molecule has 2 unspecified atom stereocenters. The number of thiocarbonyl (C=S) groups is 1. The number of nitrogens with one attached hydrogen (secondary N) is 1. The Balaban J connectivity index is 2.09. The fraction of sp³-hybridized carbons (Fsp3) is 0.462. The van der Waals surface area contributed by atoms with Crippen LogP contribution in [-0.4, -0.2) is 11.0 Å². The van der Waals surface area contributed by atoms with Crippen molar-refractivity contribution < 1.29 is 4.39 Å². The summed E-state index contributed by atoms with van der Waals surface area (Å²) in [5.74, 6) is 0.446. The van der Waals surface area contributed by atoms with Crippen molar-refractivity contribution in [1.29, 1.82) is 0 Å². The van der Waals surface area contributed by atoms with E-state index in [0.29, 0.717) is 17.3 Å². The zero-order valence-electron chi connectivity index (χ0n) is 9.87. The summed E-state index contributed by atoms with van der Waals surface area (Å²) in [5.41, 5.74) is 6.58. The average Bonchev–Trinajstić information content (AvgIpc) is 2.67. The first-order valence-electron chi connectivity index (χ1n) is 5.92. The van der Waals surface area contributed by atoms with Crippen LogP contribution >= 0.6 is 12.2 Å². The van der Waals surface area contributed by atoms with Crippen LogP contribution in [0.3, 0.4) is 0 Å². The summed E-state index contributed by atoms with van der Waals surface area (Å²) in [6.07, 6.45) is 3.43. The molecule has 92 valence electrons. The van der Waals surface area contributed by atoms with E-state index < -0.39 is 0 Å². The molecule has 1 aliphatic rings. The molecule has 1 aromatic carbocycles. The van der Waals surface area contributed by atoms with E-state index in [1.165, 1.54) is 12.5 Å². The molecule has 0 bridgehead atoms. The van der Waals surface area contributed by atoms with E-state index in [4.69, 9.17) is 18.0 Å². The summed E-state index contributed by atoms with van der Waals surface area (Å²) >= 11 is 4.81. The van der Waals surface area contributed by atoms with Crippen molar-refractivity contribution >= 4 is 22.9 Å². The first kappa shape index (κ1) is 12.3. The first-order chi connectivity index (χ1) is 8.06. The Hall–Kier alpha value is -1.16. The van der Waals surface area contributed by atoms with Gasteiger partial charge in [0, 0.05) is 11.6 Å². The van der Waals surface area contributed by atoms with Gasteiger partial charge in [0.1, 0.15) is 10.8 Å². The van der Waals surface area contributed by atoms with Crippen LogP contribution in [0.2, 0.25) is 0 Å². The maximum atomic E-state index is 13.8. The Morgan fingerprint density at radius 3 is 2.76 bits per heavy atom. The van der Waals surface area contributed by atoms with Crippen molar-refractivity contribution in [2.45, 2.75) is 32.2 Å². The highest BCUT2D eigenvalue weighted by Crippen LogP contribution is 2.28. The number of halogens is 1. The van der Waals surface area contributed by atoms with Crippen LogP contribution in [0.25, 0.3) is 0 Å². The zero-order chi connectivity index (χ0) is 12.4. The number of hydrogen-bond donors (Lipinski definition) is 2. The lowest BCUT2D eigenvalue weighted by atomic mass is 10.1. The van der Waals surface area contributed by atoms with Gasteiger partial charge in [-0.25, -0.2) is 4.39 Å². The SMILES string of the molecule is CC1CCC(Nc2ccc(C(N)=S)cc2F)C1. The van der Waals surface area contributed by atoms with Gasteiger partial charge >= 0.3 is 0 Å². The van der Waals surface area contributed by atoms with Crippen molar-refractivity contribution in [3.05, 3.63) is 29.6 Å². The third kappa shape index (κ3) is 2.94. The van der Waals surface area contributed by atoms with Gasteiger partial charge in [0.2, 0.25) is 0 Å². The summed E-state index contributed by atoms with van der Waals surface area (Å²) in [6, 6.07) is 5.25. The lowest BCUT2D eigenvalue weighted by molar-refractivity contribution is 0.597. The molecule has 0 amide bonds. The van der Waals surface area contributed by atoms with E-state index in [1.54, 1.807) is 12.1 Å². The van der Waals surface area contributed by atoms with Gasteiger partial charge in [0.05, 0.1) is 5.69 Å². The van der Waals surface area contributed by atoms with Gasteiger partial charge in [0.15, 0.2) is 0 Å². The van der Waals surface area contributed by atoms with Crippen molar-refractivity contribution in [1.82, 2.24) is 0 Å². The topological polar surface area (TPSA) is 38.0 Å². The molecule has 2 nitrogen and oxygen atoms in total. The fourth-order valence-electron chi connectivity index (χ4n) is 2.34. The number of anilines is 1. The molecule has 1 aromatic rings. The number of nitrogens with two attached hydrogens (primary N) is 1. The van der Waals surface area contributed by atoms with E-state index in [9.17, 15) is 4.39 Å². The molecule has 1 fully saturated rings. The van der Waals surface area contributed by atoms with Crippen molar-refractivity contribution in [3.63, 3.8) is 0 Å². The summed E-state index contributed by atoms with van der Waals surface area (Å²) in [6.45, 7) is 2.23. The Kier molecular flexibility index (Phi) is 3.62. The molecule has 0 spiro atoms. The Bertz CT molecular complexity index is 433. The second-order valence-corrected chi connectivity index (χ2v) is 5.26. The molecule has 0 radical (unpaired) electrons. The summed E-state index contributed by atoms with van der Waals surface area (Å²) in [4.78, 5) is 0.227. The van der Waals surface area contributed by atoms with Gasteiger partial charge < -0.3 is 11.1 Å². The van der Waals surface area contributed by atoms with Gasteiger partial charge in [-0.1, -0.05) is 19.1 Å². The average molecular weight is 252 g/mol. The van der Waals surface area contributed by atoms with Gasteiger partial charge in [0.25, 0.3) is 0 Å². The highest BCUT2D eigenvalue weighted by Gasteiger charge is 2.21. The second kappa shape index (κ2) is 5.00. The Labute approximate surface area is 106 Å². The molecule has 0 heterocycles. The molecule has 0 aliphatic heterocycles. The highest BCUT2D eigenvalue weighted by atomic mass is 32.1. The van der Waals surface area contributed by atoms with Crippen LogP contribution < -0.4 is 11.1 Å². The standard InChI is InChI=1S/C13H17FN2S/c1-8-2-4-10(6-8)16-12-5-3-9(13(15)17)7-11(12)14/h3,5,7-8,10,16H,2,4,6H2,1H3,(H2,15,17). The van der Waals surface area contributed by atoms with Crippen LogP contribution in [0, 0.1) is 11.7 Å². The molecule has 2 rings (SSSR count). The predicted molar refractivity (Wildman–Crippen MR) is 72.7 cm³/mol. The molecule has 1 saturated carbocycles. The minimum Gasteiger partial charge on any atom is -0.389 e. The van der Waals surface area contributed by atoms with E-state index in [2.05, 4.69) is 12.2 Å². The van der Waals surface area contributed by atoms with E-state index >= 15 is 0 Å². The monoisotopic (exact) mass is 252 g/mol. The third-order valence-corrected chi connectivity index (χ3v) is 3.54. The maximum Gasteiger partial charge on any atom is 0.146 e. The quantitative estimate of drug-likeness (QED) is 0.812. The number of rotatable bonds is 3. The Morgan fingerprint density at radius 2 is 2.24 bits per heavy atom. The molecule has 17 heavy (non-hydrogen) atoms. The van der Waals surface area contributed by atoms with Gasteiger partial charge in [-0.2, -0.15) is 0 Å². The smallest absolute Gasteiger partial charge is 0.146 e. The summed E-state index contributed by atoms with van der Waals surface area (Å²) in [7, 11) is 0. The first-order valence-corrected chi connectivity index (χ1v) is 6.33. The van der Waals surface area contributed by atoms with Crippen molar-refractivity contribution in [3.8, 4) is 0 Å². The largest absolute Gasteiger partial charge is 0.389 e. The molecule has 3 N–H and O–H groups in total. The van der Waals surface area contributed by atoms with Crippen LogP contribution in [0.1, 0.15) is 31.7 Å². The lowest BCUT2D eigenvalue weighted by Crippen LogP contribution is -2.17. The normalized spacial score (nSPS) is 23.6. The molecular weight excluding hydrogens is 235 g/mol. The van der Waals surface area contributed by atoms with Crippen LogP contribution in [0.4, 0.5) is 10.1 Å². The molecule has 2 atom stereocenters. The molecular formula is C13H17FN2S. The van der Waals surface area contributed by atoms with Gasteiger partial charge in [-0.3, -0.25) is 0 Å². The number of benzene rings is 1. The lowest BCUT2D eigenvalue weighted by Gasteiger charge is -2.15. The van der Waals surface area contributed by atoms with E-state index in [0.717, 1.165) is 18.8 Å². The van der Waals surface area contributed by atoms with Crippen molar-refractivity contribution in [2.24, 2.45) is 11.7 Å². The number of hydrogen-bond acceptors (Lipinski definition) is 2. The maximum absolute atomic E-state index is 13.8. The fourth-order valence-corrected chi connectivity index (χ4v) is 2.47. The minimum atomic E-state index is -0.283. The van der Waals surface area contributed by atoms with Gasteiger partial charge in [-0.15, -0.1) is 0 Å². The Morgan fingerprint density at radius 1 is 1.47 bits per heavy atom. The highest BCUT2D eigenvalue weighted by molar-refractivity contribution is 7.80. The van der Waals surface area contributed by atoms with Crippen molar-refractivity contribution in [2.75, 3.05) is 5.32 Å². The second-order valence-electron chi connectivity index (χ2n) is 4.82. The molecule has 0 aromatic heterocycles. The summed E-state index contributed by atoms with van der Waals surface area (Å²) < 4.78 is 13.8. The molecule has 0 saturated heterocycles. The van der Waals surface area contributed by atoms with E-state index in [1.807, 2.05) is 0 Å². The van der Waals surface area contributed by atoms with Gasteiger partial charge in [-0.05, 0) is 43.4 Å². The predicted octanol–water partition coefficient (Wildman–Crippen LogP) is 3.06. The van der Waals surface area contributed by atoms with Crippen LogP contribution in [-0.2, 0) is 0 Å².